The van der Waals surface area contributed by atoms with Gasteiger partial charge in [0.25, 0.3) is 0 Å². The van der Waals surface area contributed by atoms with E-state index < -0.39 is 0 Å². The molecule has 0 aliphatic heterocycles. The first-order chi connectivity index (χ1) is 5.70. The molecule has 3 heteroatoms. The normalized spacial score (nSPS) is 11.3. The number of nitrogens with two attached hydrogens (primary N) is 1. The van der Waals surface area contributed by atoms with Gasteiger partial charge >= 0.3 is 0 Å². The summed E-state index contributed by atoms with van der Waals surface area (Å²) in [5, 5.41) is 9.79. The minimum Gasteiger partial charge on any atom is -0.397 e. The maximum atomic E-state index is 8.86. The summed E-state index contributed by atoms with van der Waals surface area (Å²) in [6.07, 6.45) is 1.45. The molecule has 0 aliphatic carbocycles. The monoisotopic (exact) mass is 164 g/mol. The molecular weight excluding hydrogens is 152 g/mol. The van der Waals surface area contributed by atoms with E-state index in [0.29, 0.717) is 5.70 Å². The predicted molar refractivity (Wildman–Crippen MR) is 48.2 cm³/mol. The van der Waals surface area contributed by atoms with E-state index in [2.05, 4.69) is 0 Å². The van der Waals surface area contributed by atoms with E-state index in [1.54, 1.807) is 0 Å². The summed E-state index contributed by atoms with van der Waals surface area (Å²) in [5.74, 6) is 0. The van der Waals surface area contributed by atoms with Crippen LogP contribution in [0.3, 0.4) is 0 Å². The molecule has 1 aromatic carbocycles. The molecule has 0 bridgehead atoms. The Kier molecular flexibility index (Phi) is 2.71. The number of hydroxylamine groups is 2. The van der Waals surface area contributed by atoms with Crippen molar-refractivity contribution in [2.24, 2.45) is 5.73 Å². The van der Waals surface area contributed by atoms with Gasteiger partial charge in [-0.1, -0.05) is 30.3 Å². The standard InChI is InChI=1S/C9H12N2O/c1-11(12)7-9(10)8-5-3-2-4-6-8/h2-7,12H,10H2,1H3/b9-7+. The van der Waals surface area contributed by atoms with Crippen LogP contribution in [-0.4, -0.2) is 17.3 Å². The Morgan fingerprint density at radius 1 is 1.42 bits per heavy atom. The first kappa shape index (κ1) is 8.62. The van der Waals surface area contributed by atoms with Gasteiger partial charge in [0.2, 0.25) is 0 Å². The molecule has 0 aliphatic rings. The smallest absolute Gasteiger partial charge is 0.0573 e. The summed E-state index contributed by atoms with van der Waals surface area (Å²) in [6.45, 7) is 0. The molecule has 3 nitrogen and oxygen atoms in total. The molecule has 0 saturated heterocycles. The van der Waals surface area contributed by atoms with Gasteiger partial charge in [-0.15, -0.1) is 0 Å². The Morgan fingerprint density at radius 3 is 2.50 bits per heavy atom. The van der Waals surface area contributed by atoms with E-state index in [9.17, 15) is 0 Å². The Hall–Kier alpha value is -1.48. The van der Waals surface area contributed by atoms with Crippen molar-refractivity contribution in [2.75, 3.05) is 7.05 Å². The number of hydrogen-bond donors (Lipinski definition) is 2. The van der Waals surface area contributed by atoms with E-state index in [-0.39, 0.29) is 0 Å². The van der Waals surface area contributed by atoms with Crippen molar-refractivity contribution in [1.82, 2.24) is 5.06 Å². The molecule has 0 saturated carbocycles. The lowest BCUT2D eigenvalue weighted by molar-refractivity contribution is -0.0123. The van der Waals surface area contributed by atoms with Gasteiger partial charge in [0.1, 0.15) is 0 Å². The summed E-state index contributed by atoms with van der Waals surface area (Å²) in [6, 6.07) is 9.48. The van der Waals surface area contributed by atoms with Crippen molar-refractivity contribution in [3.8, 4) is 0 Å². The maximum absolute atomic E-state index is 8.86. The fourth-order valence-corrected chi connectivity index (χ4v) is 0.906. The average Bonchev–Trinajstić information content (AvgIpc) is 2.05. The van der Waals surface area contributed by atoms with E-state index in [4.69, 9.17) is 10.9 Å². The highest BCUT2D eigenvalue weighted by Gasteiger charge is 1.94. The topological polar surface area (TPSA) is 49.5 Å². The van der Waals surface area contributed by atoms with Crippen LogP contribution >= 0.6 is 0 Å². The number of nitrogens with zero attached hydrogens (tertiary/aromatic N) is 1. The van der Waals surface area contributed by atoms with Gasteiger partial charge in [-0.2, -0.15) is 0 Å². The fourth-order valence-electron chi connectivity index (χ4n) is 0.906. The third-order valence-electron chi connectivity index (χ3n) is 1.43. The second kappa shape index (κ2) is 3.78. The SMILES string of the molecule is CN(O)/C=C(/N)c1ccccc1. The number of rotatable bonds is 2. The molecule has 0 spiro atoms. The minimum absolute atomic E-state index is 0.542. The zero-order chi connectivity index (χ0) is 8.97. The Morgan fingerprint density at radius 2 is 2.00 bits per heavy atom. The molecule has 0 amide bonds. The first-order valence-electron chi connectivity index (χ1n) is 3.64. The largest absolute Gasteiger partial charge is 0.397 e. The summed E-state index contributed by atoms with van der Waals surface area (Å²) < 4.78 is 0. The maximum Gasteiger partial charge on any atom is 0.0573 e. The zero-order valence-corrected chi connectivity index (χ0v) is 6.94. The van der Waals surface area contributed by atoms with Gasteiger partial charge in [0, 0.05) is 7.05 Å². The molecule has 3 N–H and O–H groups in total. The Bertz CT molecular complexity index is 267. The molecular formula is C9H12N2O. The fraction of sp³-hybridized carbons (Fsp3) is 0.111. The van der Waals surface area contributed by atoms with Crippen LogP contribution in [0.5, 0.6) is 0 Å². The molecule has 0 radical (unpaired) electrons. The highest BCUT2D eigenvalue weighted by molar-refractivity contribution is 5.61. The highest BCUT2D eigenvalue weighted by atomic mass is 16.5. The summed E-state index contributed by atoms with van der Waals surface area (Å²) in [5.41, 5.74) is 7.10. The van der Waals surface area contributed by atoms with E-state index in [1.807, 2.05) is 30.3 Å². The minimum atomic E-state index is 0.542. The number of hydrogen-bond acceptors (Lipinski definition) is 3. The van der Waals surface area contributed by atoms with Crippen molar-refractivity contribution in [2.45, 2.75) is 0 Å². The van der Waals surface area contributed by atoms with Gasteiger partial charge in [0.05, 0.1) is 11.9 Å². The highest BCUT2D eigenvalue weighted by Crippen LogP contribution is 2.07. The molecule has 0 fully saturated rings. The Balaban J connectivity index is 2.85. The van der Waals surface area contributed by atoms with Gasteiger partial charge < -0.3 is 5.73 Å². The summed E-state index contributed by atoms with van der Waals surface area (Å²) >= 11 is 0. The van der Waals surface area contributed by atoms with Gasteiger partial charge in [-0.25, -0.2) is 0 Å². The van der Waals surface area contributed by atoms with Crippen molar-refractivity contribution < 1.29 is 5.21 Å². The molecule has 1 aromatic rings. The lowest BCUT2D eigenvalue weighted by Gasteiger charge is -2.05. The molecule has 12 heavy (non-hydrogen) atoms. The first-order valence-corrected chi connectivity index (χ1v) is 3.64. The van der Waals surface area contributed by atoms with Gasteiger partial charge in [-0.3, -0.25) is 10.3 Å². The van der Waals surface area contributed by atoms with E-state index in [0.717, 1.165) is 10.6 Å². The lowest BCUT2D eigenvalue weighted by Crippen LogP contribution is -2.07. The van der Waals surface area contributed by atoms with Gasteiger partial charge in [-0.05, 0) is 5.56 Å². The van der Waals surface area contributed by atoms with Crippen LogP contribution in [-0.2, 0) is 0 Å². The van der Waals surface area contributed by atoms with Crippen LogP contribution in [0.25, 0.3) is 5.70 Å². The van der Waals surface area contributed by atoms with Crippen LogP contribution < -0.4 is 5.73 Å². The quantitative estimate of drug-likeness (QED) is 0.647. The number of benzene rings is 1. The molecule has 1 rings (SSSR count). The van der Waals surface area contributed by atoms with Gasteiger partial charge in [0.15, 0.2) is 0 Å². The zero-order valence-electron chi connectivity index (χ0n) is 6.94. The molecule has 0 heterocycles. The van der Waals surface area contributed by atoms with Crippen molar-refractivity contribution in [3.63, 3.8) is 0 Å². The second-order valence-electron chi connectivity index (χ2n) is 2.52. The van der Waals surface area contributed by atoms with E-state index in [1.165, 1.54) is 13.2 Å². The van der Waals surface area contributed by atoms with Crippen LogP contribution in [0.15, 0.2) is 36.5 Å². The van der Waals surface area contributed by atoms with Crippen molar-refractivity contribution in [3.05, 3.63) is 42.1 Å². The van der Waals surface area contributed by atoms with Crippen molar-refractivity contribution >= 4 is 5.70 Å². The second-order valence-corrected chi connectivity index (χ2v) is 2.52. The molecule has 0 atom stereocenters. The lowest BCUT2D eigenvalue weighted by atomic mass is 10.2. The van der Waals surface area contributed by atoms with Crippen LogP contribution in [0, 0.1) is 0 Å². The van der Waals surface area contributed by atoms with E-state index >= 15 is 0 Å². The molecule has 0 unspecified atom stereocenters. The third kappa shape index (κ3) is 2.29. The average molecular weight is 164 g/mol. The molecule has 0 aromatic heterocycles. The third-order valence-corrected chi connectivity index (χ3v) is 1.43. The van der Waals surface area contributed by atoms with Crippen LogP contribution in [0.4, 0.5) is 0 Å². The van der Waals surface area contributed by atoms with Crippen LogP contribution in [0.2, 0.25) is 0 Å². The molecule has 64 valence electrons. The Labute approximate surface area is 71.7 Å². The summed E-state index contributed by atoms with van der Waals surface area (Å²) in [4.78, 5) is 0. The summed E-state index contributed by atoms with van der Waals surface area (Å²) in [7, 11) is 1.51. The predicted octanol–water partition coefficient (Wildman–Crippen LogP) is 1.26. The van der Waals surface area contributed by atoms with Crippen LogP contribution in [0.1, 0.15) is 5.56 Å². The van der Waals surface area contributed by atoms with Crippen molar-refractivity contribution in [1.29, 1.82) is 0 Å².